The van der Waals surface area contributed by atoms with E-state index >= 15 is 0 Å². The molecule has 0 spiro atoms. The third-order valence-electron chi connectivity index (χ3n) is 2.58. The van der Waals surface area contributed by atoms with Gasteiger partial charge in [0.05, 0.1) is 6.61 Å². The maximum absolute atomic E-state index is 10.4. The average Bonchev–Trinajstić information content (AvgIpc) is 2.37. The summed E-state index contributed by atoms with van der Waals surface area (Å²) in [7, 11) is 0. The van der Waals surface area contributed by atoms with Crippen molar-refractivity contribution in [1.29, 1.82) is 0 Å². The summed E-state index contributed by atoms with van der Waals surface area (Å²) in [5, 5.41) is 3.27. The monoisotopic (exact) mass is 250 g/mol. The van der Waals surface area contributed by atoms with Crippen LogP contribution >= 0.6 is 0 Å². The highest BCUT2D eigenvalue weighted by Gasteiger charge is 1.94. The average molecular weight is 250 g/mol. The Labute approximate surface area is 109 Å². The molecule has 0 heterocycles. The number of benzene rings is 1. The summed E-state index contributed by atoms with van der Waals surface area (Å²) < 4.78 is 5.03. The van der Waals surface area contributed by atoms with Crippen LogP contribution in [0.2, 0.25) is 0 Å². The molecule has 4 heteroatoms. The minimum absolute atomic E-state index is 0.00961. The highest BCUT2D eigenvalue weighted by atomic mass is 16.5. The van der Waals surface area contributed by atoms with E-state index in [1.165, 1.54) is 12.0 Å². The van der Waals surface area contributed by atoms with Crippen LogP contribution in [0.25, 0.3) is 0 Å². The fourth-order valence-corrected chi connectivity index (χ4v) is 1.67. The highest BCUT2D eigenvalue weighted by Crippen LogP contribution is 2.03. The number of hydrogen-bond donors (Lipinski definition) is 2. The number of carbonyl (C=O) groups is 1. The molecule has 18 heavy (non-hydrogen) atoms. The Balaban J connectivity index is 1.86. The van der Waals surface area contributed by atoms with E-state index in [-0.39, 0.29) is 6.61 Å². The molecule has 4 nitrogen and oxygen atoms in total. The summed E-state index contributed by atoms with van der Waals surface area (Å²) in [4.78, 5) is 10.4. The number of carbonyl (C=O) groups excluding carboxylic acids is 1. The first-order chi connectivity index (χ1) is 8.79. The van der Waals surface area contributed by atoms with E-state index in [0.29, 0.717) is 6.61 Å². The Morgan fingerprint density at radius 1 is 1.17 bits per heavy atom. The quantitative estimate of drug-likeness (QED) is 0.611. The lowest BCUT2D eigenvalue weighted by Gasteiger charge is -2.05. The summed E-state index contributed by atoms with van der Waals surface area (Å²) in [6, 6.07) is 10.5. The summed E-state index contributed by atoms with van der Waals surface area (Å²) in [6.45, 7) is 2.28. The molecule has 0 saturated carbocycles. The summed E-state index contributed by atoms with van der Waals surface area (Å²) in [5.41, 5.74) is 6.33. The van der Waals surface area contributed by atoms with Crippen LogP contribution in [-0.2, 0) is 16.0 Å². The molecular weight excluding hydrogens is 228 g/mol. The van der Waals surface area contributed by atoms with Gasteiger partial charge in [-0.2, -0.15) is 0 Å². The summed E-state index contributed by atoms with van der Waals surface area (Å²) in [6.07, 6.45) is 3.45. The number of nitrogens with two attached hydrogens (primary N) is 1. The molecule has 0 bridgehead atoms. The molecule has 1 aromatic rings. The molecule has 1 rings (SSSR count). The molecule has 100 valence electrons. The number of primary amides is 1. The second-order valence-corrected chi connectivity index (χ2v) is 4.21. The predicted molar refractivity (Wildman–Crippen MR) is 72.3 cm³/mol. The topological polar surface area (TPSA) is 64.4 Å². The van der Waals surface area contributed by atoms with Crippen LogP contribution < -0.4 is 11.1 Å². The lowest BCUT2D eigenvalue weighted by molar-refractivity contribution is -0.122. The van der Waals surface area contributed by atoms with Crippen molar-refractivity contribution in [2.45, 2.75) is 19.3 Å². The zero-order chi connectivity index (χ0) is 13.1. The standard InChI is InChI=1S/C14H22N2O2/c15-14(17)12-18-11-10-16-9-5-4-8-13-6-2-1-3-7-13/h1-3,6-7,16H,4-5,8-12H2,(H2,15,17). The van der Waals surface area contributed by atoms with Crippen molar-refractivity contribution < 1.29 is 9.53 Å². The van der Waals surface area contributed by atoms with Crippen molar-refractivity contribution >= 4 is 5.91 Å². The Morgan fingerprint density at radius 3 is 2.67 bits per heavy atom. The molecule has 1 amide bonds. The van der Waals surface area contributed by atoms with Gasteiger partial charge in [-0.05, 0) is 31.4 Å². The second kappa shape index (κ2) is 9.62. The van der Waals surface area contributed by atoms with Gasteiger partial charge in [-0.25, -0.2) is 0 Å². The SMILES string of the molecule is NC(=O)COCCNCCCCc1ccccc1. The minimum atomic E-state index is -0.419. The molecule has 0 atom stereocenters. The third kappa shape index (κ3) is 7.81. The molecule has 0 unspecified atom stereocenters. The number of nitrogens with one attached hydrogen (secondary N) is 1. The highest BCUT2D eigenvalue weighted by molar-refractivity contribution is 5.74. The number of ether oxygens (including phenoxy) is 1. The van der Waals surface area contributed by atoms with Gasteiger partial charge in [-0.15, -0.1) is 0 Å². The van der Waals surface area contributed by atoms with Gasteiger partial charge in [-0.1, -0.05) is 30.3 Å². The van der Waals surface area contributed by atoms with Gasteiger partial charge in [0.1, 0.15) is 6.61 Å². The van der Waals surface area contributed by atoms with Crippen molar-refractivity contribution in [3.63, 3.8) is 0 Å². The third-order valence-corrected chi connectivity index (χ3v) is 2.58. The number of hydrogen-bond acceptors (Lipinski definition) is 3. The van der Waals surface area contributed by atoms with E-state index in [9.17, 15) is 4.79 Å². The Bertz CT molecular complexity index is 328. The normalized spacial score (nSPS) is 10.4. The molecule has 3 N–H and O–H groups in total. The Kier molecular flexibility index (Phi) is 7.84. The van der Waals surface area contributed by atoms with Crippen molar-refractivity contribution in [2.24, 2.45) is 5.73 Å². The van der Waals surface area contributed by atoms with Crippen LogP contribution in [0.15, 0.2) is 30.3 Å². The maximum Gasteiger partial charge on any atom is 0.243 e. The first-order valence-corrected chi connectivity index (χ1v) is 6.40. The molecule has 1 aromatic carbocycles. The van der Waals surface area contributed by atoms with E-state index in [1.54, 1.807) is 0 Å². The Morgan fingerprint density at radius 2 is 1.94 bits per heavy atom. The molecule has 0 aliphatic carbocycles. The van der Waals surface area contributed by atoms with Gasteiger partial charge in [0.25, 0.3) is 0 Å². The van der Waals surface area contributed by atoms with Crippen molar-refractivity contribution in [3.8, 4) is 0 Å². The molecule has 0 aliphatic rings. The van der Waals surface area contributed by atoms with Crippen LogP contribution in [0, 0.1) is 0 Å². The molecule has 0 radical (unpaired) electrons. The minimum Gasteiger partial charge on any atom is -0.370 e. The van der Waals surface area contributed by atoms with Crippen molar-refractivity contribution in [3.05, 3.63) is 35.9 Å². The van der Waals surface area contributed by atoms with Crippen molar-refractivity contribution in [2.75, 3.05) is 26.3 Å². The fourth-order valence-electron chi connectivity index (χ4n) is 1.67. The number of aryl methyl sites for hydroxylation is 1. The molecule has 0 fully saturated rings. The molecule has 0 aliphatic heterocycles. The lowest BCUT2D eigenvalue weighted by atomic mass is 10.1. The number of rotatable bonds is 10. The zero-order valence-electron chi connectivity index (χ0n) is 10.7. The van der Waals surface area contributed by atoms with Crippen LogP contribution in [0.5, 0.6) is 0 Å². The van der Waals surface area contributed by atoms with Crippen LogP contribution in [-0.4, -0.2) is 32.2 Å². The van der Waals surface area contributed by atoms with Crippen molar-refractivity contribution in [1.82, 2.24) is 5.32 Å². The van der Waals surface area contributed by atoms with E-state index in [1.807, 2.05) is 6.07 Å². The van der Waals surface area contributed by atoms with E-state index in [0.717, 1.165) is 25.9 Å². The summed E-state index contributed by atoms with van der Waals surface area (Å²) >= 11 is 0. The Hall–Kier alpha value is -1.39. The van der Waals surface area contributed by atoms with E-state index < -0.39 is 5.91 Å². The molecule has 0 aromatic heterocycles. The fraction of sp³-hybridized carbons (Fsp3) is 0.500. The lowest BCUT2D eigenvalue weighted by Crippen LogP contribution is -2.24. The van der Waals surface area contributed by atoms with E-state index in [4.69, 9.17) is 10.5 Å². The largest absolute Gasteiger partial charge is 0.370 e. The van der Waals surface area contributed by atoms with Gasteiger partial charge in [0, 0.05) is 6.54 Å². The van der Waals surface area contributed by atoms with E-state index in [2.05, 4.69) is 29.6 Å². The first kappa shape index (κ1) is 14.7. The van der Waals surface area contributed by atoms with Gasteiger partial charge >= 0.3 is 0 Å². The summed E-state index contributed by atoms with van der Waals surface area (Å²) in [5.74, 6) is -0.419. The number of unbranched alkanes of at least 4 members (excludes halogenated alkanes) is 1. The predicted octanol–water partition coefficient (Wildman–Crippen LogP) is 1.10. The van der Waals surface area contributed by atoms with Crippen LogP contribution in [0.4, 0.5) is 0 Å². The smallest absolute Gasteiger partial charge is 0.243 e. The second-order valence-electron chi connectivity index (χ2n) is 4.21. The van der Waals surface area contributed by atoms with Crippen LogP contribution in [0.1, 0.15) is 18.4 Å². The van der Waals surface area contributed by atoms with Gasteiger partial charge in [0.2, 0.25) is 5.91 Å². The molecular formula is C14H22N2O2. The number of amides is 1. The van der Waals surface area contributed by atoms with Gasteiger partial charge in [-0.3, -0.25) is 4.79 Å². The maximum atomic E-state index is 10.4. The molecule has 0 saturated heterocycles. The van der Waals surface area contributed by atoms with Gasteiger partial charge < -0.3 is 15.8 Å². The zero-order valence-corrected chi connectivity index (χ0v) is 10.7. The first-order valence-electron chi connectivity index (χ1n) is 6.40. The van der Waals surface area contributed by atoms with Gasteiger partial charge in [0.15, 0.2) is 0 Å². The van der Waals surface area contributed by atoms with Crippen LogP contribution in [0.3, 0.4) is 0 Å².